The van der Waals surface area contributed by atoms with Crippen LogP contribution in [0.25, 0.3) is 0 Å². The highest BCUT2D eigenvalue weighted by Crippen LogP contribution is 2.18. The Labute approximate surface area is 118 Å². The Morgan fingerprint density at radius 2 is 2.00 bits per heavy atom. The number of rotatable bonds is 1. The summed E-state index contributed by atoms with van der Waals surface area (Å²) in [6.07, 6.45) is -1.49. The van der Waals surface area contributed by atoms with Gasteiger partial charge in [-0.3, -0.25) is 0 Å². The third kappa shape index (κ3) is 5.34. The number of aliphatic carboxylic acids is 1. The summed E-state index contributed by atoms with van der Waals surface area (Å²) in [6.45, 7) is 6.79. The summed E-state index contributed by atoms with van der Waals surface area (Å²) in [4.78, 5) is 24.4. The van der Waals surface area contributed by atoms with Crippen molar-refractivity contribution < 1.29 is 29.3 Å². The Bertz CT molecular complexity index is 374. The van der Waals surface area contributed by atoms with Crippen LogP contribution in [0.1, 0.15) is 34.1 Å². The summed E-state index contributed by atoms with van der Waals surface area (Å²) >= 11 is 0. The van der Waals surface area contributed by atoms with E-state index in [1.54, 1.807) is 27.7 Å². The van der Waals surface area contributed by atoms with Crippen molar-refractivity contribution in [2.75, 3.05) is 19.7 Å². The predicted molar refractivity (Wildman–Crippen MR) is 70.4 cm³/mol. The number of carboxylic acid groups (broad SMARTS) is 1. The van der Waals surface area contributed by atoms with Crippen LogP contribution in [0.5, 0.6) is 0 Å². The topological polar surface area (TPSA) is 96.3 Å². The minimum atomic E-state index is -1.17. The molecule has 1 aliphatic rings. The van der Waals surface area contributed by atoms with Gasteiger partial charge in [0.05, 0.1) is 18.8 Å². The standard InChI is InChI=1S/C13H23NO6/c1-12(2,3)20-11(17)14-6-5-13(4,18)8-19-9(7-14)10(15)16/h9,18H,5-8H2,1-4H3,(H,15,16)/t9-,13?/m0/s1. The molecule has 116 valence electrons. The van der Waals surface area contributed by atoms with Crippen molar-refractivity contribution in [3.8, 4) is 0 Å². The summed E-state index contributed by atoms with van der Waals surface area (Å²) in [5.41, 5.74) is -1.84. The van der Waals surface area contributed by atoms with Gasteiger partial charge in [-0.25, -0.2) is 9.59 Å². The third-order valence-corrected chi connectivity index (χ3v) is 2.83. The number of carbonyl (C=O) groups is 2. The van der Waals surface area contributed by atoms with Crippen LogP contribution >= 0.6 is 0 Å². The van der Waals surface area contributed by atoms with Gasteiger partial charge in [0.25, 0.3) is 0 Å². The van der Waals surface area contributed by atoms with Crippen LogP contribution in [0.15, 0.2) is 0 Å². The highest BCUT2D eigenvalue weighted by atomic mass is 16.6. The average Bonchev–Trinajstić information content (AvgIpc) is 2.22. The zero-order chi connectivity index (χ0) is 15.6. The first kappa shape index (κ1) is 16.7. The molecular formula is C13H23NO6. The van der Waals surface area contributed by atoms with Crippen LogP contribution in [-0.2, 0) is 14.3 Å². The summed E-state index contributed by atoms with van der Waals surface area (Å²) in [5, 5.41) is 19.1. The fourth-order valence-electron chi connectivity index (χ4n) is 1.71. The molecule has 0 saturated carbocycles. The molecule has 1 amide bonds. The molecule has 2 atom stereocenters. The smallest absolute Gasteiger partial charge is 0.410 e. The lowest BCUT2D eigenvalue weighted by molar-refractivity contribution is -0.159. The molecule has 2 N–H and O–H groups in total. The largest absolute Gasteiger partial charge is 0.479 e. The normalized spacial score (nSPS) is 28.4. The van der Waals surface area contributed by atoms with E-state index in [9.17, 15) is 14.7 Å². The monoisotopic (exact) mass is 289 g/mol. The molecule has 0 bridgehead atoms. The number of aliphatic hydroxyl groups is 1. The molecule has 0 spiro atoms. The summed E-state index contributed by atoms with van der Waals surface area (Å²) in [6, 6.07) is 0. The zero-order valence-corrected chi connectivity index (χ0v) is 12.4. The number of carbonyl (C=O) groups excluding carboxylic acids is 1. The van der Waals surface area contributed by atoms with Crippen LogP contribution < -0.4 is 0 Å². The molecular weight excluding hydrogens is 266 g/mol. The molecule has 20 heavy (non-hydrogen) atoms. The summed E-state index contributed by atoms with van der Waals surface area (Å²) in [7, 11) is 0. The van der Waals surface area contributed by atoms with E-state index in [4.69, 9.17) is 14.6 Å². The summed E-state index contributed by atoms with van der Waals surface area (Å²) < 4.78 is 10.4. The van der Waals surface area contributed by atoms with Gasteiger partial charge in [0.2, 0.25) is 0 Å². The molecule has 1 rings (SSSR count). The molecule has 1 aliphatic heterocycles. The highest BCUT2D eigenvalue weighted by Gasteiger charge is 2.34. The number of carboxylic acids is 1. The molecule has 7 nitrogen and oxygen atoms in total. The third-order valence-electron chi connectivity index (χ3n) is 2.83. The lowest BCUT2D eigenvalue weighted by Crippen LogP contribution is -2.50. The Morgan fingerprint density at radius 1 is 1.40 bits per heavy atom. The molecule has 1 heterocycles. The fraction of sp³-hybridized carbons (Fsp3) is 0.846. The minimum Gasteiger partial charge on any atom is -0.479 e. The van der Waals surface area contributed by atoms with E-state index in [1.165, 1.54) is 4.90 Å². The van der Waals surface area contributed by atoms with Crippen LogP contribution in [0.2, 0.25) is 0 Å². The fourth-order valence-corrected chi connectivity index (χ4v) is 1.71. The van der Waals surface area contributed by atoms with E-state index in [0.717, 1.165) is 0 Å². The van der Waals surface area contributed by atoms with E-state index < -0.39 is 29.4 Å². The van der Waals surface area contributed by atoms with Crippen LogP contribution in [-0.4, -0.2) is 64.2 Å². The van der Waals surface area contributed by atoms with Gasteiger partial charge in [0.15, 0.2) is 6.10 Å². The predicted octanol–water partition coefficient (Wildman–Crippen LogP) is 0.848. The van der Waals surface area contributed by atoms with Gasteiger partial charge in [-0.05, 0) is 34.1 Å². The first-order valence-electron chi connectivity index (χ1n) is 6.55. The van der Waals surface area contributed by atoms with Gasteiger partial charge in [0, 0.05) is 6.54 Å². The van der Waals surface area contributed by atoms with Crippen molar-refractivity contribution in [2.24, 2.45) is 0 Å². The maximum Gasteiger partial charge on any atom is 0.410 e. The van der Waals surface area contributed by atoms with Crippen molar-refractivity contribution in [2.45, 2.75) is 51.4 Å². The summed E-state index contributed by atoms with van der Waals surface area (Å²) in [5.74, 6) is -1.17. The molecule has 7 heteroatoms. The second-order valence-corrected chi connectivity index (χ2v) is 6.31. The molecule has 0 aromatic carbocycles. The van der Waals surface area contributed by atoms with Crippen LogP contribution in [0.3, 0.4) is 0 Å². The van der Waals surface area contributed by atoms with Gasteiger partial charge in [0.1, 0.15) is 5.60 Å². The maximum atomic E-state index is 12.0. The van der Waals surface area contributed by atoms with E-state index in [2.05, 4.69) is 0 Å². The molecule has 1 fully saturated rings. The lowest BCUT2D eigenvalue weighted by atomic mass is 10.0. The first-order chi connectivity index (χ1) is 9.00. The van der Waals surface area contributed by atoms with Crippen molar-refractivity contribution in [1.82, 2.24) is 4.90 Å². The van der Waals surface area contributed by atoms with Gasteiger partial charge >= 0.3 is 12.1 Å². The average molecular weight is 289 g/mol. The number of ether oxygens (including phenoxy) is 2. The zero-order valence-electron chi connectivity index (χ0n) is 12.4. The second-order valence-electron chi connectivity index (χ2n) is 6.31. The highest BCUT2D eigenvalue weighted by molar-refractivity contribution is 5.74. The molecule has 1 saturated heterocycles. The van der Waals surface area contributed by atoms with Crippen LogP contribution in [0.4, 0.5) is 4.79 Å². The molecule has 0 radical (unpaired) electrons. The SMILES string of the molecule is CC1(O)CCN(C(=O)OC(C)(C)C)C[C@@H](C(=O)O)OC1. The van der Waals surface area contributed by atoms with Gasteiger partial charge in [-0.1, -0.05) is 0 Å². The van der Waals surface area contributed by atoms with Crippen molar-refractivity contribution in [3.63, 3.8) is 0 Å². The van der Waals surface area contributed by atoms with Gasteiger partial charge in [-0.2, -0.15) is 0 Å². The lowest BCUT2D eigenvalue weighted by Gasteiger charge is -2.35. The second kappa shape index (κ2) is 5.97. The van der Waals surface area contributed by atoms with Crippen molar-refractivity contribution >= 4 is 12.1 Å². The Hall–Kier alpha value is -1.34. The van der Waals surface area contributed by atoms with E-state index in [-0.39, 0.29) is 19.7 Å². The number of hydrogen-bond acceptors (Lipinski definition) is 5. The van der Waals surface area contributed by atoms with Crippen LogP contribution in [0, 0.1) is 0 Å². The molecule has 1 unspecified atom stereocenters. The van der Waals surface area contributed by atoms with Gasteiger partial charge < -0.3 is 24.6 Å². The Balaban J connectivity index is 2.81. The van der Waals surface area contributed by atoms with Crippen molar-refractivity contribution in [3.05, 3.63) is 0 Å². The van der Waals surface area contributed by atoms with Crippen molar-refractivity contribution in [1.29, 1.82) is 0 Å². The van der Waals surface area contributed by atoms with E-state index >= 15 is 0 Å². The quantitative estimate of drug-likeness (QED) is 0.743. The number of amides is 1. The van der Waals surface area contributed by atoms with E-state index in [1.807, 2.05) is 0 Å². The molecule has 0 aromatic rings. The molecule has 0 aliphatic carbocycles. The number of hydrogen-bond donors (Lipinski definition) is 2. The Kier molecular flexibility index (Phi) is 4.99. The first-order valence-corrected chi connectivity index (χ1v) is 6.55. The maximum absolute atomic E-state index is 12.0. The Morgan fingerprint density at radius 3 is 2.50 bits per heavy atom. The molecule has 0 aromatic heterocycles. The number of nitrogens with zero attached hydrogens (tertiary/aromatic N) is 1. The van der Waals surface area contributed by atoms with Gasteiger partial charge in [-0.15, -0.1) is 0 Å². The minimum absolute atomic E-state index is 0.0773. The van der Waals surface area contributed by atoms with E-state index in [0.29, 0.717) is 6.42 Å².